The third-order valence-electron chi connectivity index (χ3n) is 4.12. The predicted octanol–water partition coefficient (Wildman–Crippen LogP) is 4.27. The molecular formula is C17H26OS. The fourth-order valence-electron chi connectivity index (χ4n) is 2.74. The maximum absolute atomic E-state index is 10.2. The van der Waals surface area contributed by atoms with Crippen molar-refractivity contribution in [3.8, 4) is 0 Å². The lowest BCUT2D eigenvalue weighted by Gasteiger charge is -2.22. The Labute approximate surface area is 121 Å². The third kappa shape index (κ3) is 4.85. The van der Waals surface area contributed by atoms with Gasteiger partial charge in [0.25, 0.3) is 0 Å². The first-order valence-electron chi connectivity index (χ1n) is 7.51. The van der Waals surface area contributed by atoms with Crippen LogP contribution in [0.15, 0.2) is 18.2 Å². The molecule has 1 atom stereocenters. The van der Waals surface area contributed by atoms with Gasteiger partial charge in [0.15, 0.2) is 0 Å². The standard InChI is InChI=1S/C17H26OS/c1-13-8-9-15(10-14(13)2)11-16(18)12-19-17-6-4-3-5-7-17/h8-10,16-18H,3-7,11-12H2,1-2H3. The molecule has 2 rings (SSSR count). The quantitative estimate of drug-likeness (QED) is 0.868. The van der Waals surface area contributed by atoms with Crippen molar-refractivity contribution in [2.24, 2.45) is 0 Å². The summed E-state index contributed by atoms with van der Waals surface area (Å²) in [6.45, 7) is 4.27. The number of hydrogen-bond donors (Lipinski definition) is 1. The highest BCUT2D eigenvalue weighted by atomic mass is 32.2. The lowest BCUT2D eigenvalue weighted by molar-refractivity contribution is 0.200. The molecule has 1 nitrogen and oxygen atoms in total. The van der Waals surface area contributed by atoms with Gasteiger partial charge < -0.3 is 5.11 Å². The second-order valence-electron chi connectivity index (χ2n) is 5.87. The van der Waals surface area contributed by atoms with Gasteiger partial charge in [0.05, 0.1) is 6.10 Å². The Balaban J connectivity index is 1.76. The summed E-state index contributed by atoms with van der Waals surface area (Å²) in [7, 11) is 0. The summed E-state index contributed by atoms with van der Waals surface area (Å²) in [5, 5.41) is 11.0. The van der Waals surface area contributed by atoms with Crippen LogP contribution in [0.5, 0.6) is 0 Å². The zero-order valence-corrected chi connectivity index (χ0v) is 13.0. The number of rotatable bonds is 5. The number of thioether (sulfide) groups is 1. The van der Waals surface area contributed by atoms with Crippen LogP contribution in [0.4, 0.5) is 0 Å². The number of aliphatic hydroxyl groups excluding tert-OH is 1. The number of aryl methyl sites for hydroxylation is 2. The Hall–Kier alpha value is -0.470. The lowest BCUT2D eigenvalue weighted by atomic mass is 10.0. The van der Waals surface area contributed by atoms with Gasteiger partial charge in [-0.05, 0) is 49.8 Å². The van der Waals surface area contributed by atoms with Crippen molar-refractivity contribution >= 4 is 11.8 Å². The van der Waals surface area contributed by atoms with E-state index < -0.39 is 0 Å². The van der Waals surface area contributed by atoms with E-state index in [9.17, 15) is 5.11 Å². The molecule has 1 fully saturated rings. The topological polar surface area (TPSA) is 20.2 Å². The Kier molecular flexibility index (Phi) is 5.77. The third-order valence-corrected chi connectivity index (χ3v) is 5.64. The molecule has 19 heavy (non-hydrogen) atoms. The summed E-state index contributed by atoms with van der Waals surface area (Å²) >= 11 is 1.98. The van der Waals surface area contributed by atoms with Crippen LogP contribution in [-0.2, 0) is 6.42 Å². The van der Waals surface area contributed by atoms with Gasteiger partial charge in [-0.3, -0.25) is 0 Å². The minimum atomic E-state index is -0.200. The van der Waals surface area contributed by atoms with Gasteiger partial charge in [-0.25, -0.2) is 0 Å². The SMILES string of the molecule is Cc1ccc(CC(O)CSC2CCCCC2)cc1C. The van der Waals surface area contributed by atoms with E-state index in [1.807, 2.05) is 11.8 Å². The van der Waals surface area contributed by atoms with E-state index in [-0.39, 0.29) is 6.10 Å². The maximum Gasteiger partial charge on any atom is 0.0670 e. The average molecular weight is 278 g/mol. The molecule has 0 spiro atoms. The fourth-order valence-corrected chi connectivity index (χ4v) is 4.02. The molecule has 0 saturated heterocycles. The van der Waals surface area contributed by atoms with E-state index in [0.29, 0.717) is 0 Å². The number of hydrogen-bond acceptors (Lipinski definition) is 2. The van der Waals surface area contributed by atoms with Crippen molar-refractivity contribution in [1.29, 1.82) is 0 Å². The van der Waals surface area contributed by atoms with Crippen molar-refractivity contribution in [1.82, 2.24) is 0 Å². The Morgan fingerprint density at radius 1 is 1.16 bits per heavy atom. The van der Waals surface area contributed by atoms with Crippen molar-refractivity contribution in [2.45, 2.75) is 63.7 Å². The van der Waals surface area contributed by atoms with Gasteiger partial charge in [0.2, 0.25) is 0 Å². The zero-order chi connectivity index (χ0) is 13.7. The normalized spacial score (nSPS) is 18.5. The van der Waals surface area contributed by atoms with Gasteiger partial charge in [-0.1, -0.05) is 37.5 Å². The predicted molar refractivity (Wildman–Crippen MR) is 85.0 cm³/mol. The fraction of sp³-hybridized carbons (Fsp3) is 0.647. The molecule has 1 saturated carbocycles. The minimum Gasteiger partial charge on any atom is -0.392 e. The maximum atomic E-state index is 10.2. The van der Waals surface area contributed by atoms with Crippen LogP contribution in [0.3, 0.4) is 0 Å². The molecule has 0 aliphatic heterocycles. The van der Waals surface area contributed by atoms with E-state index in [1.54, 1.807) is 0 Å². The summed E-state index contributed by atoms with van der Waals surface area (Å²) in [4.78, 5) is 0. The summed E-state index contributed by atoms with van der Waals surface area (Å²) in [6.07, 6.45) is 7.45. The summed E-state index contributed by atoms with van der Waals surface area (Å²) in [6, 6.07) is 6.52. The molecule has 2 heteroatoms. The molecule has 1 aliphatic rings. The van der Waals surface area contributed by atoms with Crippen molar-refractivity contribution in [3.63, 3.8) is 0 Å². The molecule has 1 aromatic rings. The highest BCUT2D eigenvalue weighted by Gasteiger charge is 2.15. The largest absolute Gasteiger partial charge is 0.392 e. The lowest BCUT2D eigenvalue weighted by Crippen LogP contribution is -2.17. The zero-order valence-electron chi connectivity index (χ0n) is 12.2. The molecule has 0 amide bonds. The molecule has 0 radical (unpaired) electrons. The van der Waals surface area contributed by atoms with Crippen LogP contribution < -0.4 is 0 Å². The van der Waals surface area contributed by atoms with Gasteiger partial charge >= 0.3 is 0 Å². The smallest absolute Gasteiger partial charge is 0.0670 e. The molecular weight excluding hydrogens is 252 g/mol. The van der Waals surface area contributed by atoms with Crippen molar-refractivity contribution in [2.75, 3.05) is 5.75 Å². The summed E-state index contributed by atoms with van der Waals surface area (Å²) in [5.41, 5.74) is 3.92. The van der Waals surface area contributed by atoms with E-state index in [4.69, 9.17) is 0 Å². The second kappa shape index (κ2) is 7.35. The Bertz CT molecular complexity index is 396. The first kappa shape index (κ1) is 14.9. The van der Waals surface area contributed by atoms with Crippen molar-refractivity contribution in [3.05, 3.63) is 34.9 Å². The van der Waals surface area contributed by atoms with Crippen LogP contribution in [0.2, 0.25) is 0 Å². The molecule has 1 N–H and O–H groups in total. The van der Waals surface area contributed by atoms with Gasteiger partial charge in [0, 0.05) is 11.0 Å². The summed E-state index contributed by atoms with van der Waals surface area (Å²) < 4.78 is 0. The molecule has 1 unspecified atom stereocenters. The highest BCUT2D eigenvalue weighted by Crippen LogP contribution is 2.28. The van der Waals surface area contributed by atoms with Crippen LogP contribution in [-0.4, -0.2) is 22.2 Å². The molecule has 0 aromatic heterocycles. The van der Waals surface area contributed by atoms with Crippen LogP contribution in [0, 0.1) is 13.8 Å². The van der Waals surface area contributed by atoms with Gasteiger partial charge in [-0.15, -0.1) is 0 Å². The number of benzene rings is 1. The Morgan fingerprint density at radius 3 is 2.58 bits per heavy atom. The molecule has 0 heterocycles. The van der Waals surface area contributed by atoms with Gasteiger partial charge in [0.1, 0.15) is 0 Å². The second-order valence-corrected chi connectivity index (χ2v) is 7.20. The van der Waals surface area contributed by atoms with Crippen LogP contribution >= 0.6 is 11.8 Å². The van der Waals surface area contributed by atoms with Gasteiger partial charge in [-0.2, -0.15) is 11.8 Å². The van der Waals surface area contributed by atoms with E-state index in [1.165, 1.54) is 48.8 Å². The number of aliphatic hydroxyl groups is 1. The van der Waals surface area contributed by atoms with Crippen molar-refractivity contribution < 1.29 is 5.11 Å². The van der Waals surface area contributed by atoms with E-state index >= 15 is 0 Å². The monoisotopic (exact) mass is 278 g/mol. The first-order chi connectivity index (χ1) is 9.15. The van der Waals surface area contributed by atoms with Crippen LogP contribution in [0.25, 0.3) is 0 Å². The molecule has 1 aromatic carbocycles. The molecule has 1 aliphatic carbocycles. The highest BCUT2D eigenvalue weighted by molar-refractivity contribution is 7.99. The van der Waals surface area contributed by atoms with E-state index in [2.05, 4.69) is 32.0 Å². The van der Waals surface area contributed by atoms with E-state index in [0.717, 1.165) is 17.4 Å². The summed E-state index contributed by atoms with van der Waals surface area (Å²) in [5.74, 6) is 0.886. The van der Waals surface area contributed by atoms with Crippen LogP contribution in [0.1, 0.15) is 48.8 Å². The molecule has 106 valence electrons. The minimum absolute atomic E-state index is 0.200. The molecule has 0 bridgehead atoms. The average Bonchev–Trinajstić information content (AvgIpc) is 2.42. The Morgan fingerprint density at radius 2 is 1.89 bits per heavy atom. The first-order valence-corrected chi connectivity index (χ1v) is 8.56.